The Hall–Kier alpha value is -1.41. The van der Waals surface area contributed by atoms with E-state index in [-0.39, 0.29) is 5.91 Å². The van der Waals surface area contributed by atoms with Gasteiger partial charge in [-0.15, -0.1) is 5.10 Å². The molecule has 0 bridgehead atoms. The Balaban J connectivity index is 1.45. The average Bonchev–Trinajstić information content (AvgIpc) is 3.23. The number of benzene rings is 1. The molecule has 0 unspecified atom stereocenters. The largest absolute Gasteiger partial charge is 0.351 e. The fourth-order valence-electron chi connectivity index (χ4n) is 1.81. The smallest absolute Gasteiger partial charge is 0.230 e. The first-order valence-electron chi connectivity index (χ1n) is 6.64. The highest BCUT2D eigenvalue weighted by atomic mass is 79.9. The van der Waals surface area contributed by atoms with Crippen LogP contribution in [0.4, 0.5) is 0 Å². The lowest BCUT2D eigenvalue weighted by Crippen LogP contribution is -2.24. The summed E-state index contributed by atoms with van der Waals surface area (Å²) in [6.45, 7) is 0.528. The zero-order valence-corrected chi connectivity index (χ0v) is 13.6. The van der Waals surface area contributed by atoms with Gasteiger partial charge >= 0.3 is 0 Å². The Morgan fingerprint density at radius 1 is 1.38 bits per heavy atom. The predicted octanol–water partition coefficient (Wildman–Crippen LogP) is 2.18. The van der Waals surface area contributed by atoms with Gasteiger partial charge in [0.1, 0.15) is 0 Å². The van der Waals surface area contributed by atoms with E-state index in [1.807, 2.05) is 28.9 Å². The molecule has 8 heteroatoms. The summed E-state index contributed by atoms with van der Waals surface area (Å²) in [5.74, 6) is 0.303. The fourth-order valence-corrected chi connectivity index (χ4v) is 2.85. The molecule has 0 spiro atoms. The fraction of sp³-hybridized carbons (Fsp3) is 0.385. The van der Waals surface area contributed by atoms with E-state index in [1.54, 1.807) is 0 Å². The maximum atomic E-state index is 11.9. The second kappa shape index (κ2) is 6.57. The first-order chi connectivity index (χ1) is 10.2. The summed E-state index contributed by atoms with van der Waals surface area (Å²) in [6, 6.07) is 8.30. The van der Waals surface area contributed by atoms with E-state index < -0.39 is 0 Å². The maximum absolute atomic E-state index is 11.9. The number of hydrogen-bond donors (Lipinski definition) is 1. The standard InChI is InChI=1S/C13H14BrN5OS/c14-10-3-1-9(2-4-10)7-15-12(20)8-21-13-16-17-18-19(13)11-5-6-11/h1-4,11H,5-8H2,(H,15,20). The molecule has 1 aliphatic rings. The topological polar surface area (TPSA) is 72.7 Å². The van der Waals surface area contributed by atoms with Crippen LogP contribution >= 0.6 is 27.7 Å². The Labute approximate surface area is 134 Å². The van der Waals surface area contributed by atoms with Gasteiger partial charge in [-0.3, -0.25) is 4.79 Å². The van der Waals surface area contributed by atoms with Gasteiger partial charge in [-0.1, -0.05) is 39.8 Å². The van der Waals surface area contributed by atoms with Crippen LogP contribution < -0.4 is 5.32 Å². The number of carbonyl (C=O) groups excluding carboxylic acids is 1. The van der Waals surface area contributed by atoms with Crippen LogP contribution in [0, 0.1) is 0 Å². The Bertz CT molecular complexity index is 626. The van der Waals surface area contributed by atoms with Crippen molar-refractivity contribution in [1.29, 1.82) is 0 Å². The normalized spacial score (nSPS) is 14.1. The van der Waals surface area contributed by atoms with Crippen molar-refractivity contribution in [2.24, 2.45) is 0 Å². The lowest BCUT2D eigenvalue weighted by Gasteiger charge is -2.05. The van der Waals surface area contributed by atoms with E-state index in [0.717, 1.165) is 28.0 Å². The van der Waals surface area contributed by atoms with Gasteiger partial charge in [-0.05, 0) is 41.0 Å². The molecule has 1 saturated carbocycles. The molecule has 1 aromatic heterocycles. The molecule has 0 atom stereocenters. The molecule has 1 aromatic carbocycles. The monoisotopic (exact) mass is 367 g/mol. The van der Waals surface area contributed by atoms with E-state index in [1.165, 1.54) is 11.8 Å². The minimum Gasteiger partial charge on any atom is -0.351 e. The first-order valence-corrected chi connectivity index (χ1v) is 8.42. The molecular weight excluding hydrogens is 354 g/mol. The van der Waals surface area contributed by atoms with Crippen molar-refractivity contribution >= 4 is 33.6 Å². The van der Waals surface area contributed by atoms with Crippen molar-refractivity contribution in [3.8, 4) is 0 Å². The first kappa shape index (κ1) is 14.5. The number of hydrogen-bond acceptors (Lipinski definition) is 5. The van der Waals surface area contributed by atoms with Gasteiger partial charge in [0, 0.05) is 11.0 Å². The van der Waals surface area contributed by atoms with E-state index in [9.17, 15) is 4.79 Å². The molecule has 1 amide bonds. The molecule has 2 aromatic rings. The zero-order chi connectivity index (χ0) is 14.7. The van der Waals surface area contributed by atoms with Crippen molar-refractivity contribution < 1.29 is 4.79 Å². The van der Waals surface area contributed by atoms with Gasteiger partial charge in [0.05, 0.1) is 11.8 Å². The molecule has 6 nitrogen and oxygen atoms in total. The van der Waals surface area contributed by atoms with Gasteiger partial charge in [-0.25, -0.2) is 4.68 Å². The minimum atomic E-state index is -0.0201. The summed E-state index contributed by atoms with van der Waals surface area (Å²) >= 11 is 4.76. The number of nitrogens with zero attached hydrogens (tertiary/aromatic N) is 4. The second-order valence-corrected chi connectivity index (χ2v) is 6.69. The highest BCUT2D eigenvalue weighted by molar-refractivity contribution is 9.10. The number of carbonyl (C=O) groups is 1. The van der Waals surface area contributed by atoms with E-state index in [0.29, 0.717) is 18.3 Å². The van der Waals surface area contributed by atoms with Crippen LogP contribution in [0.3, 0.4) is 0 Å². The van der Waals surface area contributed by atoms with E-state index in [2.05, 4.69) is 36.8 Å². The number of tetrazole rings is 1. The summed E-state index contributed by atoms with van der Waals surface area (Å²) in [5, 5.41) is 15.2. The van der Waals surface area contributed by atoms with E-state index >= 15 is 0 Å². The van der Waals surface area contributed by atoms with Gasteiger partial charge < -0.3 is 5.32 Å². The van der Waals surface area contributed by atoms with E-state index in [4.69, 9.17) is 0 Å². The molecule has 1 fully saturated rings. The lowest BCUT2D eigenvalue weighted by molar-refractivity contribution is -0.118. The molecule has 110 valence electrons. The van der Waals surface area contributed by atoms with Crippen molar-refractivity contribution in [2.45, 2.75) is 30.6 Å². The maximum Gasteiger partial charge on any atom is 0.230 e. The minimum absolute atomic E-state index is 0.0201. The van der Waals surface area contributed by atoms with Crippen molar-refractivity contribution in [2.75, 3.05) is 5.75 Å². The third-order valence-corrected chi connectivity index (χ3v) is 4.55. The number of aromatic nitrogens is 4. The number of nitrogens with one attached hydrogen (secondary N) is 1. The lowest BCUT2D eigenvalue weighted by atomic mass is 10.2. The van der Waals surface area contributed by atoms with Crippen LogP contribution in [-0.2, 0) is 11.3 Å². The van der Waals surface area contributed by atoms with Gasteiger partial charge in [0.2, 0.25) is 11.1 Å². The van der Waals surface area contributed by atoms with Crippen molar-refractivity contribution in [1.82, 2.24) is 25.5 Å². The van der Waals surface area contributed by atoms with Crippen molar-refractivity contribution in [3.63, 3.8) is 0 Å². The SMILES string of the molecule is O=C(CSc1nnnn1C1CC1)NCc1ccc(Br)cc1. The quantitative estimate of drug-likeness (QED) is 0.792. The Morgan fingerprint density at radius 3 is 2.86 bits per heavy atom. The molecule has 0 aliphatic heterocycles. The number of rotatable bonds is 6. The average molecular weight is 368 g/mol. The molecule has 3 rings (SSSR count). The summed E-state index contributed by atoms with van der Waals surface area (Å²) in [5.41, 5.74) is 1.07. The number of halogens is 1. The Kier molecular flexibility index (Phi) is 4.54. The van der Waals surface area contributed by atoms with Gasteiger partial charge in [0.25, 0.3) is 0 Å². The predicted molar refractivity (Wildman–Crippen MR) is 82.8 cm³/mol. The third kappa shape index (κ3) is 4.04. The molecule has 1 heterocycles. The van der Waals surface area contributed by atoms with Crippen LogP contribution in [0.25, 0.3) is 0 Å². The molecule has 1 N–H and O–H groups in total. The number of thioether (sulfide) groups is 1. The highest BCUT2D eigenvalue weighted by Crippen LogP contribution is 2.36. The number of amides is 1. The molecule has 1 aliphatic carbocycles. The van der Waals surface area contributed by atoms with Gasteiger partial charge in [-0.2, -0.15) is 0 Å². The van der Waals surface area contributed by atoms with Crippen LogP contribution in [0.15, 0.2) is 33.9 Å². The summed E-state index contributed by atoms with van der Waals surface area (Å²) in [4.78, 5) is 11.9. The molecule has 0 radical (unpaired) electrons. The van der Waals surface area contributed by atoms with Crippen molar-refractivity contribution in [3.05, 3.63) is 34.3 Å². The molecule has 21 heavy (non-hydrogen) atoms. The highest BCUT2D eigenvalue weighted by Gasteiger charge is 2.28. The second-order valence-electron chi connectivity index (χ2n) is 4.83. The third-order valence-electron chi connectivity index (χ3n) is 3.09. The summed E-state index contributed by atoms with van der Waals surface area (Å²) in [7, 11) is 0. The van der Waals surface area contributed by atoms with Crippen LogP contribution in [0.1, 0.15) is 24.4 Å². The summed E-state index contributed by atoms with van der Waals surface area (Å²) < 4.78 is 2.84. The van der Waals surface area contributed by atoms with Crippen LogP contribution in [-0.4, -0.2) is 31.9 Å². The zero-order valence-electron chi connectivity index (χ0n) is 11.2. The van der Waals surface area contributed by atoms with Gasteiger partial charge in [0.15, 0.2) is 0 Å². The molecule has 0 saturated heterocycles. The molecular formula is C13H14BrN5OS. The Morgan fingerprint density at radius 2 is 2.14 bits per heavy atom. The van der Waals surface area contributed by atoms with Crippen LogP contribution in [0.2, 0.25) is 0 Å². The van der Waals surface area contributed by atoms with Crippen LogP contribution in [0.5, 0.6) is 0 Å². The summed E-state index contributed by atoms with van der Waals surface area (Å²) in [6.07, 6.45) is 2.24.